The van der Waals surface area contributed by atoms with Gasteiger partial charge >= 0.3 is 5.97 Å². The van der Waals surface area contributed by atoms with Crippen molar-refractivity contribution in [1.29, 1.82) is 0 Å². The SMILES string of the molecule is CCOC(=O)c1csnc1-c1cccc(C(C)C)c1. The number of esters is 1. The number of carbonyl (C=O) groups is 1. The van der Waals surface area contributed by atoms with E-state index in [9.17, 15) is 4.79 Å². The van der Waals surface area contributed by atoms with Gasteiger partial charge in [0, 0.05) is 10.9 Å². The lowest BCUT2D eigenvalue weighted by atomic mass is 9.98. The van der Waals surface area contributed by atoms with Gasteiger partial charge < -0.3 is 4.74 Å². The van der Waals surface area contributed by atoms with Crippen LogP contribution in [0.4, 0.5) is 0 Å². The van der Waals surface area contributed by atoms with Gasteiger partial charge in [-0.1, -0.05) is 32.0 Å². The van der Waals surface area contributed by atoms with Gasteiger partial charge in [0.2, 0.25) is 0 Å². The number of hydrogen-bond acceptors (Lipinski definition) is 4. The average Bonchev–Trinajstić information content (AvgIpc) is 2.88. The first-order chi connectivity index (χ1) is 9.13. The van der Waals surface area contributed by atoms with Crippen molar-refractivity contribution < 1.29 is 9.53 Å². The molecule has 1 aromatic heterocycles. The molecule has 2 aromatic rings. The Morgan fingerprint density at radius 3 is 2.89 bits per heavy atom. The fraction of sp³-hybridized carbons (Fsp3) is 0.333. The van der Waals surface area contributed by atoms with Gasteiger partial charge in [-0.3, -0.25) is 0 Å². The van der Waals surface area contributed by atoms with Crippen LogP contribution in [0.15, 0.2) is 29.6 Å². The Labute approximate surface area is 117 Å². The molecule has 0 aliphatic carbocycles. The average molecular weight is 275 g/mol. The molecule has 0 radical (unpaired) electrons. The van der Waals surface area contributed by atoms with Gasteiger partial charge in [-0.25, -0.2) is 4.79 Å². The van der Waals surface area contributed by atoms with E-state index >= 15 is 0 Å². The first kappa shape index (κ1) is 13.7. The lowest BCUT2D eigenvalue weighted by Crippen LogP contribution is -2.05. The highest BCUT2D eigenvalue weighted by atomic mass is 32.1. The summed E-state index contributed by atoms with van der Waals surface area (Å²) in [7, 11) is 0. The minimum atomic E-state index is -0.304. The van der Waals surface area contributed by atoms with Crippen LogP contribution >= 0.6 is 11.5 Å². The van der Waals surface area contributed by atoms with Gasteiger partial charge in [0.15, 0.2) is 0 Å². The molecule has 0 N–H and O–H groups in total. The van der Waals surface area contributed by atoms with Crippen LogP contribution in [0.2, 0.25) is 0 Å². The van der Waals surface area contributed by atoms with E-state index in [1.165, 1.54) is 17.1 Å². The number of ether oxygens (including phenoxy) is 1. The minimum Gasteiger partial charge on any atom is -0.462 e. The molecular weight excluding hydrogens is 258 g/mol. The summed E-state index contributed by atoms with van der Waals surface area (Å²) < 4.78 is 9.38. The third kappa shape index (κ3) is 3.01. The van der Waals surface area contributed by atoms with Crippen molar-refractivity contribution in [2.45, 2.75) is 26.7 Å². The summed E-state index contributed by atoms with van der Waals surface area (Å²) in [5, 5.41) is 1.75. The maximum Gasteiger partial charge on any atom is 0.341 e. The van der Waals surface area contributed by atoms with Crippen molar-refractivity contribution in [1.82, 2.24) is 4.37 Å². The minimum absolute atomic E-state index is 0.304. The standard InChI is InChI=1S/C15H17NO2S/c1-4-18-15(17)13-9-19-16-14(13)12-7-5-6-11(8-12)10(2)3/h5-10H,4H2,1-3H3. The highest BCUT2D eigenvalue weighted by Gasteiger charge is 2.17. The topological polar surface area (TPSA) is 39.2 Å². The highest BCUT2D eigenvalue weighted by Crippen LogP contribution is 2.27. The quantitative estimate of drug-likeness (QED) is 0.788. The third-order valence-corrected chi connectivity index (χ3v) is 3.52. The molecule has 0 amide bonds. The second-order valence-corrected chi connectivity index (χ2v) is 5.21. The number of hydrogen-bond donors (Lipinski definition) is 0. The van der Waals surface area contributed by atoms with E-state index in [-0.39, 0.29) is 5.97 Å². The molecule has 0 bridgehead atoms. The molecule has 2 rings (SSSR count). The molecule has 1 aromatic carbocycles. The van der Waals surface area contributed by atoms with Gasteiger partial charge in [0.05, 0.1) is 17.9 Å². The van der Waals surface area contributed by atoms with E-state index in [0.29, 0.717) is 23.8 Å². The van der Waals surface area contributed by atoms with Crippen LogP contribution in [0, 0.1) is 0 Å². The lowest BCUT2D eigenvalue weighted by Gasteiger charge is -2.08. The molecule has 3 nitrogen and oxygen atoms in total. The second-order valence-electron chi connectivity index (χ2n) is 4.58. The Bertz CT molecular complexity index is 575. The zero-order valence-corrected chi connectivity index (χ0v) is 12.2. The maximum absolute atomic E-state index is 11.9. The van der Waals surface area contributed by atoms with Crippen LogP contribution in [0.25, 0.3) is 11.3 Å². The van der Waals surface area contributed by atoms with Crippen LogP contribution in [0.5, 0.6) is 0 Å². The first-order valence-electron chi connectivity index (χ1n) is 6.35. The van der Waals surface area contributed by atoms with Gasteiger partial charge in [-0.15, -0.1) is 0 Å². The molecule has 0 unspecified atom stereocenters. The lowest BCUT2D eigenvalue weighted by molar-refractivity contribution is 0.0527. The van der Waals surface area contributed by atoms with E-state index in [4.69, 9.17) is 4.74 Å². The summed E-state index contributed by atoms with van der Waals surface area (Å²) in [4.78, 5) is 11.9. The molecule has 0 fully saturated rings. The Kier molecular flexibility index (Phi) is 4.32. The zero-order chi connectivity index (χ0) is 13.8. The molecule has 0 saturated carbocycles. The van der Waals surface area contributed by atoms with Crippen molar-refractivity contribution in [3.05, 3.63) is 40.8 Å². The summed E-state index contributed by atoms with van der Waals surface area (Å²) in [6, 6.07) is 8.15. The normalized spacial score (nSPS) is 10.7. The molecule has 4 heteroatoms. The van der Waals surface area contributed by atoms with Crippen LogP contribution in [-0.2, 0) is 4.74 Å². The Balaban J connectivity index is 2.40. The van der Waals surface area contributed by atoms with Crippen LogP contribution in [0.1, 0.15) is 42.6 Å². The fourth-order valence-corrected chi connectivity index (χ4v) is 2.52. The summed E-state index contributed by atoms with van der Waals surface area (Å²) in [6.07, 6.45) is 0. The molecule has 100 valence electrons. The summed E-state index contributed by atoms with van der Waals surface area (Å²) in [5.41, 5.74) is 3.47. The van der Waals surface area contributed by atoms with Crippen molar-refractivity contribution >= 4 is 17.5 Å². The first-order valence-corrected chi connectivity index (χ1v) is 7.19. The molecule has 0 spiro atoms. The van der Waals surface area contributed by atoms with Gasteiger partial charge in [0.1, 0.15) is 0 Å². The number of carbonyl (C=O) groups excluding carboxylic acids is 1. The van der Waals surface area contributed by atoms with E-state index in [0.717, 1.165) is 5.56 Å². The molecule has 0 atom stereocenters. The number of aromatic nitrogens is 1. The number of benzene rings is 1. The van der Waals surface area contributed by atoms with Crippen LogP contribution < -0.4 is 0 Å². The van der Waals surface area contributed by atoms with E-state index in [2.05, 4.69) is 30.4 Å². The summed E-state index contributed by atoms with van der Waals surface area (Å²) in [5.74, 6) is 0.144. The fourth-order valence-electron chi connectivity index (χ4n) is 1.84. The van der Waals surface area contributed by atoms with Crippen molar-refractivity contribution in [2.24, 2.45) is 0 Å². The summed E-state index contributed by atoms with van der Waals surface area (Å²) >= 11 is 1.28. The largest absolute Gasteiger partial charge is 0.462 e. The van der Waals surface area contributed by atoms with Gasteiger partial charge in [-0.2, -0.15) is 4.37 Å². The van der Waals surface area contributed by atoms with E-state index in [1.54, 1.807) is 12.3 Å². The number of rotatable bonds is 4. The molecule has 0 aliphatic rings. The zero-order valence-electron chi connectivity index (χ0n) is 11.3. The van der Waals surface area contributed by atoms with Crippen LogP contribution in [0.3, 0.4) is 0 Å². The monoisotopic (exact) mass is 275 g/mol. The predicted molar refractivity (Wildman–Crippen MR) is 77.6 cm³/mol. The van der Waals surface area contributed by atoms with Crippen molar-refractivity contribution in [2.75, 3.05) is 6.61 Å². The molecular formula is C15H17NO2S. The third-order valence-electron chi connectivity index (χ3n) is 2.89. The Hall–Kier alpha value is -1.68. The highest BCUT2D eigenvalue weighted by molar-refractivity contribution is 7.04. The number of nitrogens with zero attached hydrogens (tertiary/aromatic N) is 1. The van der Waals surface area contributed by atoms with Gasteiger partial charge in [-0.05, 0) is 36.0 Å². The van der Waals surface area contributed by atoms with Crippen molar-refractivity contribution in [3.63, 3.8) is 0 Å². The maximum atomic E-state index is 11.9. The molecule has 0 saturated heterocycles. The van der Waals surface area contributed by atoms with E-state index in [1.807, 2.05) is 12.1 Å². The second kappa shape index (κ2) is 5.97. The molecule has 0 aliphatic heterocycles. The van der Waals surface area contributed by atoms with Crippen molar-refractivity contribution in [3.8, 4) is 11.3 Å². The van der Waals surface area contributed by atoms with E-state index < -0.39 is 0 Å². The Morgan fingerprint density at radius 1 is 1.42 bits per heavy atom. The summed E-state index contributed by atoms with van der Waals surface area (Å²) in [6.45, 7) is 6.47. The predicted octanol–water partition coefficient (Wildman–Crippen LogP) is 4.11. The molecule has 1 heterocycles. The smallest absolute Gasteiger partial charge is 0.341 e. The van der Waals surface area contributed by atoms with Crippen LogP contribution in [-0.4, -0.2) is 16.9 Å². The van der Waals surface area contributed by atoms with Gasteiger partial charge in [0.25, 0.3) is 0 Å². The Morgan fingerprint density at radius 2 is 2.21 bits per heavy atom. The molecule has 19 heavy (non-hydrogen) atoms.